The molecule has 3 heterocycles. The van der Waals surface area contributed by atoms with E-state index in [-0.39, 0.29) is 17.9 Å². The number of H-pyrrole nitrogens is 1. The summed E-state index contributed by atoms with van der Waals surface area (Å²) in [6.07, 6.45) is 0. The minimum Gasteiger partial charge on any atom is -0.477 e. The summed E-state index contributed by atoms with van der Waals surface area (Å²) in [5, 5.41) is 11.3. The topological polar surface area (TPSA) is 97.1 Å². The van der Waals surface area contributed by atoms with Gasteiger partial charge < -0.3 is 9.67 Å². The Labute approximate surface area is 189 Å². The lowest BCUT2D eigenvalue weighted by atomic mass is 10.2. The third-order valence-corrected chi connectivity index (χ3v) is 6.52. The van der Waals surface area contributed by atoms with E-state index in [1.807, 2.05) is 37.3 Å². The number of benzene rings is 2. The second-order valence-corrected chi connectivity index (χ2v) is 9.10. The smallest absolute Gasteiger partial charge is 0.354 e. The first-order chi connectivity index (χ1) is 15.3. The van der Waals surface area contributed by atoms with Crippen molar-refractivity contribution in [2.24, 2.45) is 0 Å². The molecule has 0 spiro atoms. The first-order valence-electron chi connectivity index (χ1n) is 9.70. The largest absolute Gasteiger partial charge is 0.477 e. The van der Waals surface area contributed by atoms with E-state index < -0.39 is 17.2 Å². The van der Waals surface area contributed by atoms with Gasteiger partial charge in [-0.3, -0.25) is 9.78 Å². The molecule has 9 heteroatoms. The highest BCUT2D eigenvalue weighted by atomic mass is 35.5. The lowest BCUT2D eigenvalue weighted by Gasteiger charge is -2.10. The molecule has 3 aromatic heterocycles. The Morgan fingerprint density at radius 1 is 1.09 bits per heavy atom. The number of nitrogens with one attached hydrogen (secondary N) is 1. The van der Waals surface area contributed by atoms with Gasteiger partial charge in [0.25, 0.3) is 5.56 Å². The predicted molar refractivity (Wildman–Crippen MR) is 126 cm³/mol. The minimum atomic E-state index is -1.25. The van der Waals surface area contributed by atoms with Crippen LogP contribution in [0, 0.1) is 6.92 Å². The van der Waals surface area contributed by atoms with Gasteiger partial charge in [-0.15, -0.1) is 11.3 Å². The van der Waals surface area contributed by atoms with Crippen LogP contribution in [0.2, 0.25) is 5.02 Å². The van der Waals surface area contributed by atoms with Gasteiger partial charge in [-0.25, -0.2) is 14.2 Å². The summed E-state index contributed by atoms with van der Waals surface area (Å²) >= 11 is 7.53. The molecule has 32 heavy (non-hydrogen) atoms. The van der Waals surface area contributed by atoms with Gasteiger partial charge in [0.2, 0.25) is 0 Å². The normalized spacial score (nSPS) is 11.4. The molecule has 5 aromatic rings. The van der Waals surface area contributed by atoms with Gasteiger partial charge in [0.15, 0.2) is 5.69 Å². The number of thiophene rings is 1. The minimum absolute atomic E-state index is 0.00272. The Bertz CT molecular complexity index is 1640. The highest BCUT2D eigenvalue weighted by Crippen LogP contribution is 2.32. The third-order valence-electron chi connectivity index (χ3n) is 5.32. The molecule has 7 nitrogen and oxygen atoms in total. The van der Waals surface area contributed by atoms with E-state index >= 15 is 0 Å². The number of carboxylic acids is 1. The summed E-state index contributed by atoms with van der Waals surface area (Å²) in [6.45, 7) is 2.08. The lowest BCUT2D eigenvalue weighted by molar-refractivity contribution is 0.0686. The maximum absolute atomic E-state index is 13.3. The molecule has 0 amide bonds. The number of aromatic nitrogens is 3. The van der Waals surface area contributed by atoms with Crippen molar-refractivity contribution in [1.82, 2.24) is 14.1 Å². The van der Waals surface area contributed by atoms with Crippen molar-refractivity contribution in [1.29, 1.82) is 0 Å². The number of aryl methyl sites for hydroxylation is 1. The van der Waals surface area contributed by atoms with Crippen LogP contribution in [-0.4, -0.2) is 25.2 Å². The molecule has 2 aromatic carbocycles. The molecule has 0 fully saturated rings. The highest BCUT2D eigenvalue weighted by Gasteiger charge is 2.27. The average molecular weight is 466 g/mol. The number of carboxylic acid groups (broad SMARTS) is 1. The van der Waals surface area contributed by atoms with Crippen molar-refractivity contribution in [3.8, 4) is 5.69 Å². The van der Waals surface area contributed by atoms with Crippen LogP contribution in [0.4, 0.5) is 0 Å². The lowest BCUT2D eigenvalue weighted by Crippen LogP contribution is -2.34. The number of fused-ring (bicyclic) bond motifs is 2. The van der Waals surface area contributed by atoms with E-state index in [4.69, 9.17) is 11.6 Å². The molecular weight excluding hydrogens is 450 g/mol. The number of aromatic amines is 1. The molecule has 0 saturated heterocycles. The second kappa shape index (κ2) is 7.51. The van der Waals surface area contributed by atoms with E-state index in [0.717, 1.165) is 15.0 Å². The molecule has 0 saturated carbocycles. The van der Waals surface area contributed by atoms with Crippen molar-refractivity contribution < 1.29 is 9.90 Å². The zero-order chi connectivity index (χ0) is 22.6. The van der Waals surface area contributed by atoms with Crippen molar-refractivity contribution in [2.75, 3.05) is 0 Å². The van der Waals surface area contributed by atoms with Crippen LogP contribution in [0.15, 0.2) is 64.2 Å². The summed E-state index contributed by atoms with van der Waals surface area (Å²) in [5.74, 6) is -1.25. The van der Waals surface area contributed by atoms with Crippen LogP contribution in [0.25, 0.3) is 26.8 Å². The van der Waals surface area contributed by atoms with Crippen LogP contribution in [0.1, 0.15) is 20.9 Å². The molecule has 0 radical (unpaired) electrons. The fourth-order valence-electron chi connectivity index (χ4n) is 4.02. The van der Waals surface area contributed by atoms with Crippen LogP contribution >= 0.6 is 22.9 Å². The fraction of sp³-hybridized carbons (Fsp3) is 0.0870. The van der Waals surface area contributed by atoms with Gasteiger partial charge in [0, 0.05) is 21.8 Å². The molecule has 160 valence electrons. The monoisotopic (exact) mass is 465 g/mol. The number of nitrogens with zero attached hydrogens (tertiary/aromatic N) is 2. The highest BCUT2D eigenvalue weighted by molar-refractivity contribution is 7.18. The van der Waals surface area contributed by atoms with Gasteiger partial charge in [-0.2, -0.15) is 0 Å². The number of hydrogen-bond acceptors (Lipinski definition) is 4. The van der Waals surface area contributed by atoms with Crippen LogP contribution in [0.5, 0.6) is 0 Å². The van der Waals surface area contributed by atoms with Crippen molar-refractivity contribution in [2.45, 2.75) is 13.5 Å². The summed E-state index contributed by atoms with van der Waals surface area (Å²) in [5.41, 5.74) is -0.00926. The van der Waals surface area contributed by atoms with E-state index in [0.29, 0.717) is 26.1 Å². The van der Waals surface area contributed by atoms with Crippen LogP contribution in [-0.2, 0) is 6.54 Å². The third kappa shape index (κ3) is 3.16. The molecule has 0 unspecified atom stereocenters. The van der Waals surface area contributed by atoms with Gasteiger partial charge in [0.1, 0.15) is 4.83 Å². The van der Waals surface area contributed by atoms with Gasteiger partial charge in [-0.05, 0) is 36.8 Å². The zero-order valence-electron chi connectivity index (χ0n) is 16.8. The number of rotatable bonds is 4. The molecular formula is C23H16ClN3O4S. The predicted octanol–water partition coefficient (Wildman–Crippen LogP) is 4.40. The Balaban J connectivity index is 1.92. The Morgan fingerprint density at radius 3 is 2.56 bits per heavy atom. The van der Waals surface area contributed by atoms with E-state index in [2.05, 4.69) is 4.98 Å². The molecule has 0 aliphatic carbocycles. The average Bonchev–Trinajstić information content (AvgIpc) is 3.26. The van der Waals surface area contributed by atoms with Crippen LogP contribution in [0.3, 0.4) is 0 Å². The number of halogens is 1. The van der Waals surface area contributed by atoms with Crippen molar-refractivity contribution in [3.05, 3.63) is 96.6 Å². The standard InChI is InChI=1S/C23H16ClN3O4S/c1-12-9-16-20(32-12)25-23(31)27(21(16)28)18-15-10-14(24)7-8-17(15)26(19(18)22(29)30)11-13-5-3-2-4-6-13/h2-10H,11H2,1H3,(H,25,31)(H,29,30). The molecule has 0 atom stereocenters. The zero-order valence-corrected chi connectivity index (χ0v) is 18.3. The molecule has 5 rings (SSSR count). The van der Waals surface area contributed by atoms with Gasteiger partial charge in [-0.1, -0.05) is 41.9 Å². The number of hydrogen-bond donors (Lipinski definition) is 2. The first kappa shape index (κ1) is 20.3. The van der Waals surface area contributed by atoms with Gasteiger partial charge in [0.05, 0.1) is 16.6 Å². The van der Waals surface area contributed by atoms with Crippen LogP contribution < -0.4 is 11.2 Å². The summed E-state index contributed by atoms with van der Waals surface area (Å²) in [4.78, 5) is 42.9. The molecule has 0 bridgehead atoms. The molecule has 0 aliphatic heterocycles. The summed E-state index contributed by atoms with van der Waals surface area (Å²) < 4.78 is 2.49. The Kier molecular flexibility index (Phi) is 4.76. The van der Waals surface area contributed by atoms with Crippen molar-refractivity contribution >= 4 is 50.0 Å². The Hall–Kier alpha value is -3.62. The summed E-state index contributed by atoms with van der Waals surface area (Å²) in [6, 6.07) is 16.0. The number of aromatic carboxylic acids is 1. The SMILES string of the molecule is Cc1cc2c(=O)n(-c3c(C(=O)O)n(Cc4ccccc4)c4ccc(Cl)cc34)c(=O)[nH]c2s1. The maximum Gasteiger partial charge on any atom is 0.354 e. The Morgan fingerprint density at radius 2 is 1.84 bits per heavy atom. The summed E-state index contributed by atoms with van der Waals surface area (Å²) in [7, 11) is 0. The second-order valence-electron chi connectivity index (χ2n) is 7.41. The fourth-order valence-corrected chi connectivity index (χ4v) is 5.08. The quantitative estimate of drug-likeness (QED) is 0.411. The molecule has 0 aliphatic rings. The van der Waals surface area contributed by atoms with Crippen molar-refractivity contribution in [3.63, 3.8) is 0 Å². The van der Waals surface area contributed by atoms with E-state index in [9.17, 15) is 19.5 Å². The van der Waals surface area contributed by atoms with E-state index in [1.54, 1.807) is 28.8 Å². The van der Waals surface area contributed by atoms with Gasteiger partial charge >= 0.3 is 11.7 Å². The maximum atomic E-state index is 13.3. The number of carbonyl (C=O) groups is 1. The first-order valence-corrected chi connectivity index (χ1v) is 10.9. The van der Waals surface area contributed by atoms with E-state index in [1.165, 1.54) is 11.3 Å². The molecule has 2 N–H and O–H groups in total.